The first-order valence-corrected chi connectivity index (χ1v) is 7.45. The Bertz CT molecular complexity index is 515. The van der Waals surface area contributed by atoms with Gasteiger partial charge in [0.1, 0.15) is 5.75 Å². The van der Waals surface area contributed by atoms with E-state index in [1.807, 2.05) is 31.2 Å². The van der Waals surface area contributed by atoms with Crippen molar-refractivity contribution >= 4 is 17.5 Å². The summed E-state index contributed by atoms with van der Waals surface area (Å²) in [6.45, 7) is 3.86. The van der Waals surface area contributed by atoms with Gasteiger partial charge in [0.2, 0.25) is 11.8 Å². The fourth-order valence-corrected chi connectivity index (χ4v) is 2.44. The normalized spacial score (nSPS) is 17.6. The fraction of sp³-hybridized carbons (Fsp3) is 0.500. The van der Waals surface area contributed by atoms with Crippen LogP contribution in [-0.2, 0) is 14.3 Å². The molecule has 22 heavy (non-hydrogen) atoms. The molecule has 1 aromatic rings. The lowest BCUT2D eigenvalue weighted by atomic mass is 10.1. The molecule has 6 heteroatoms. The zero-order valence-electron chi connectivity index (χ0n) is 13.0. The van der Waals surface area contributed by atoms with Crippen LogP contribution in [0.5, 0.6) is 5.75 Å². The number of nitrogens with one attached hydrogen (secondary N) is 1. The number of ether oxygens (including phenoxy) is 2. The second-order valence-corrected chi connectivity index (χ2v) is 5.12. The average Bonchev–Trinajstić information content (AvgIpc) is 2.91. The van der Waals surface area contributed by atoms with E-state index in [9.17, 15) is 9.59 Å². The maximum Gasteiger partial charge on any atom is 0.227 e. The summed E-state index contributed by atoms with van der Waals surface area (Å²) < 4.78 is 10.3. The minimum absolute atomic E-state index is 0.0314. The van der Waals surface area contributed by atoms with Crippen molar-refractivity contribution in [1.82, 2.24) is 5.32 Å². The van der Waals surface area contributed by atoms with Gasteiger partial charge in [-0.25, -0.2) is 0 Å². The number of hydrogen-bond donors (Lipinski definition) is 1. The third-order valence-electron chi connectivity index (χ3n) is 3.56. The molecule has 0 bridgehead atoms. The van der Waals surface area contributed by atoms with Crippen molar-refractivity contribution in [2.75, 3.05) is 38.3 Å². The molecule has 1 N–H and O–H groups in total. The summed E-state index contributed by atoms with van der Waals surface area (Å²) in [4.78, 5) is 25.8. The van der Waals surface area contributed by atoms with Crippen molar-refractivity contribution < 1.29 is 19.1 Å². The molecule has 1 fully saturated rings. The third-order valence-corrected chi connectivity index (χ3v) is 3.56. The van der Waals surface area contributed by atoms with Gasteiger partial charge in [-0.2, -0.15) is 0 Å². The van der Waals surface area contributed by atoms with Crippen molar-refractivity contribution in [1.29, 1.82) is 0 Å². The van der Waals surface area contributed by atoms with Crippen LogP contribution < -0.4 is 15.0 Å². The van der Waals surface area contributed by atoms with Crippen molar-refractivity contribution in [2.45, 2.75) is 13.3 Å². The van der Waals surface area contributed by atoms with E-state index in [-0.39, 0.29) is 24.2 Å². The molecule has 0 saturated carbocycles. The number of anilines is 1. The molecule has 1 saturated heterocycles. The molecule has 1 heterocycles. The van der Waals surface area contributed by atoms with E-state index in [2.05, 4.69) is 5.32 Å². The Morgan fingerprint density at radius 1 is 1.36 bits per heavy atom. The van der Waals surface area contributed by atoms with Crippen molar-refractivity contribution in [2.24, 2.45) is 5.92 Å². The number of carbonyl (C=O) groups excluding carboxylic acids is 2. The van der Waals surface area contributed by atoms with E-state index in [0.717, 1.165) is 11.4 Å². The van der Waals surface area contributed by atoms with Crippen LogP contribution in [0.15, 0.2) is 24.3 Å². The molecule has 0 aromatic heterocycles. The second-order valence-electron chi connectivity index (χ2n) is 5.12. The van der Waals surface area contributed by atoms with Crippen LogP contribution in [0.4, 0.5) is 5.69 Å². The molecule has 1 aromatic carbocycles. The topological polar surface area (TPSA) is 67.9 Å². The molecule has 0 spiro atoms. The quantitative estimate of drug-likeness (QED) is 0.769. The summed E-state index contributed by atoms with van der Waals surface area (Å²) in [5.41, 5.74) is 0.792. The zero-order chi connectivity index (χ0) is 15.9. The molecule has 1 aliphatic heterocycles. The van der Waals surface area contributed by atoms with Crippen molar-refractivity contribution in [3.8, 4) is 5.75 Å². The second kappa shape index (κ2) is 7.79. The molecule has 0 aliphatic carbocycles. The van der Waals surface area contributed by atoms with Crippen LogP contribution >= 0.6 is 0 Å². The highest BCUT2D eigenvalue weighted by Crippen LogP contribution is 2.26. The van der Waals surface area contributed by atoms with Gasteiger partial charge >= 0.3 is 0 Å². The largest absolute Gasteiger partial charge is 0.494 e. The molecular weight excluding hydrogens is 284 g/mol. The Hall–Kier alpha value is -2.08. The van der Waals surface area contributed by atoms with Gasteiger partial charge in [-0.1, -0.05) is 0 Å². The smallest absolute Gasteiger partial charge is 0.227 e. The molecule has 1 atom stereocenters. The Morgan fingerprint density at radius 2 is 2.09 bits per heavy atom. The number of rotatable bonds is 7. The van der Waals surface area contributed by atoms with Crippen LogP contribution in [0.2, 0.25) is 0 Å². The molecule has 1 aliphatic rings. The summed E-state index contributed by atoms with van der Waals surface area (Å²) in [7, 11) is 1.58. The lowest BCUT2D eigenvalue weighted by Crippen LogP contribution is -2.34. The van der Waals surface area contributed by atoms with E-state index in [1.54, 1.807) is 12.0 Å². The van der Waals surface area contributed by atoms with Gasteiger partial charge in [-0.15, -0.1) is 0 Å². The summed E-state index contributed by atoms with van der Waals surface area (Å²) in [6, 6.07) is 7.35. The maximum absolute atomic E-state index is 12.1. The number of methoxy groups -OCH3 is 1. The molecular formula is C16H22N2O4. The van der Waals surface area contributed by atoms with Crippen LogP contribution in [0.1, 0.15) is 13.3 Å². The van der Waals surface area contributed by atoms with Gasteiger partial charge in [0, 0.05) is 32.3 Å². The standard InChI is InChI=1S/C16H22N2O4/c1-3-22-14-6-4-13(5-7-14)18-11-12(10-15(18)19)16(20)17-8-9-21-2/h4-7,12H,3,8-11H2,1-2H3,(H,17,20). The highest BCUT2D eigenvalue weighted by atomic mass is 16.5. The predicted octanol–water partition coefficient (Wildman–Crippen LogP) is 1.20. The van der Waals surface area contributed by atoms with Gasteiger partial charge in [0.05, 0.1) is 19.1 Å². The third kappa shape index (κ3) is 3.98. The van der Waals surface area contributed by atoms with Crippen molar-refractivity contribution in [3.05, 3.63) is 24.3 Å². The first kappa shape index (κ1) is 16.3. The number of benzene rings is 1. The highest BCUT2D eigenvalue weighted by molar-refractivity contribution is 6.00. The van der Waals surface area contributed by atoms with Crippen LogP contribution in [-0.4, -0.2) is 45.2 Å². The van der Waals surface area contributed by atoms with Crippen LogP contribution in [0, 0.1) is 5.92 Å². The fourth-order valence-electron chi connectivity index (χ4n) is 2.44. The number of hydrogen-bond acceptors (Lipinski definition) is 4. The Morgan fingerprint density at radius 3 is 2.73 bits per heavy atom. The zero-order valence-corrected chi connectivity index (χ0v) is 13.0. The molecule has 120 valence electrons. The number of nitrogens with zero attached hydrogens (tertiary/aromatic N) is 1. The maximum atomic E-state index is 12.1. The van der Waals surface area contributed by atoms with E-state index in [1.165, 1.54) is 0 Å². The summed E-state index contributed by atoms with van der Waals surface area (Å²) in [5.74, 6) is 0.331. The Kier molecular flexibility index (Phi) is 5.77. The molecule has 2 rings (SSSR count). The summed E-state index contributed by atoms with van der Waals surface area (Å²) in [5, 5.41) is 2.78. The first-order chi connectivity index (χ1) is 10.7. The molecule has 2 amide bonds. The molecule has 0 radical (unpaired) electrons. The van der Waals surface area contributed by atoms with Gasteiger partial charge in [0.15, 0.2) is 0 Å². The first-order valence-electron chi connectivity index (χ1n) is 7.45. The van der Waals surface area contributed by atoms with E-state index in [0.29, 0.717) is 26.3 Å². The van der Waals surface area contributed by atoms with Crippen LogP contribution in [0.25, 0.3) is 0 Å². The van der Waals surface area contributed by atoms with E-state index < -0.39 is 0 Å². The van der Waals surface area contributed by atoms with Crippen molar-refractivity contribution in [3.63, 3.8) is 0 Å². The Labute approximate surface area is 130 Å². The lowest BCUT2D eigenvalue weighted by molar-refractivity contribution is -0.126. The highest BCUT2D eigenvalue weighted by Gasteiger charge is 2.34. The van der Waals surface area contributed by atoms with Gasteiger partial charge < -0.3 is 19.7 Å². The van der Waals surface area contributed by atoms with E-state index >= 15 is 0 Å². The number of amides is 2. The average molecular weight is 306 g/mol. The van der Waals surface area contributed by atoms with Gasteiger partial charge in [0.25, 0.3) is 0 Å². The molecule has 6 nitrogen and oxygen atoms in total. The van der Waals surface area contributed by atoms with E-state index in [4.69, 9.17) is 9.47 Å². The summed E-state index contributed by atoms with van der Waals surface area (Å²) in [6.07, 6.45) is 0.242. The minimum Gasteiger partial charge on any atom is -0.494 e. The lowest BCUT2D eigenvalue weighted by Gasteiger charge is -2.17. The van der Waals surface area contributed by atoms with Crippen LogP contribution in [0.3, 0.4) is 0 Å². The predicted molar refractivity (Wildman–Crippen MR) is 83.0 cm³/mol. The monoisotopic (exact) mass is 306 g/mol. The summed E-state index contributed by atoms with van der Waals surface area (Å²) >= 11 is 0. The molecule has 1 unspecified atom stereocenters. The minimum atomic E-state index is -0.309. The number of carbonyl (C=O) groups is 2. The van der Waals surface area contributed by atoms with Gasteiger partial charge in [-0.3, -0.25) is 9.59 Å². The van der Waals surface area contributed by atoms with Gasteiger partial charge in [-0.05, 0) is 31.2 Å². The SMILES string of the molecule is CCOc1ccc(N2CC(C(=O)NCCOC)CC2=O)cc1. The Balaban J connectivity index is 1.95.